The van der Waals surface area contributed by atoms with Crippen molar-refractivity contribution >= 4 is 23.6 Å². The number of carbonyl (C=O) groups is 2. The third-order valence-corrected chi connectivity index (χ3v) is 4.85. The molecule has 1 saturated heterocycles. The minimum Gasteiger partial charge on any atom is -0.484 e. The highest BCUT2D eigenvalue weighted by Gasteiger charge is 2.39. The number of hydrogen-bond donors (Lipinski definition) is 1. The number of carboxylic acid groups (broad SMARTS) is 1. The summed E-state index contributed by atoms with van der Waals surface area (Å²) in [5, 5.41) is 9.02. The first-order valence-corrected chi connectivity index (χ1v) is 7.80. The van der Waals surface area contributed by atoms with Crippen LogP contribution in [0.1, 0.15) is 18.1 Å². The Bertz CT molecular complexity index is 561. The van der Waals surface area contributed by atoms with E-state index in [2.05, 4.69) is 0 Å². The number of nitrogens with zero attached hydrogens (tertiary/aromatic N) is 1. The number of carboxylic acids is 1. The highest BCUT2D eigenvalue weighted by molar-refractivity contribution is 8.00. The molecule has 0 radical (unpaired) electrons. The Morgan fingerprint density at radius 3 is 2.71 bits per heavy atom. The summed E-state index contributed by atoms with van der Waals surface area (Å²) in [6.07, 6.45) is 0. The predicted molar refractivity (Wildman–Crippen MR) is 81.6 cm³/mol. The molecule has 114 valence electrons. The van der Waals surface area contributed by atoms with Gasteiger partial charge in [-0.15, -0.1) is 11.8 Å². The van der Waals surface area contributed by atoms with Gasteiger partial charge in [0.05, 0.1) is 5.37 Å². The van der Waals surface area contributed by atoms with E-state index in [0.29, 0.717) is 11.5 Å². The van der Waals surface area contributed by atoms with Gasteiger partial charge in [0, 0.05) is 5.75 Å². The fourth-order valence-electron chi connectivity index (χ4n) is 2.23. The lowest BCUT2D eigenvalue weighted by Crippen LogP contribution is -2.46. The number of ether oxygens (including phenoxy) is 1. The van der Waals surface area contributed by atoms with E-state index in [-0.39, 0.29) is 17.9 Å². The van der Waals surface area contributed by atoms with E-state index < -0.39 is 12.0 Å². The van der Waals surface area contributed by atoms with E-state index >= 15 is 0 Å². The molecule has 1 aromatic rings. The van der Waals surface area contributed by atoms with Crippen LogP contribution in [0, 0.1) is 13.8 Å². The fraction of sp³-hybridized carbons (Fsp3) is 0.467. The first-order chi connectivity index (χ1) is 9.90. The lowest BCUT2D eigenvalue weighted by Gasteiger charge is -2.25. The third-order valence-electron chi connectivity index (χ3n) is 3.64. The second kappa shape index (κ2) is 6.39. The highest BCUT2D eigenvalue weighted by atomic mass is 32.2. The van der Waals surface area contributed by atoms with Gasteiger partial charge in [-0.2, -0.15) is 0 Å². The molecule has 6 heteroatoms. The topological polar surface area (TPSA) is 66.8 Å². The quantitative estimate of drug-likeness (QED) is 0.922. The van der Waals surface area contributed by atoms with E-state index in [1.165, 1.54) is 16.7 Å². The Labute approximate surface area is 128 Å². The van der Waals surface area contributed by atoms with Gasteiger partial charge in [0.25, 0.3) is 5.91 Å². The summed E-state index contributed by atoms with van der Waals surface area (Å²) >= 11 is 1.46. The molecule has 21 heavy (non-hydrogen) atoms. The highest BCUT2D eigenvalue weighted by Crippen LogP contribution is 2.29. The molecule has 1 fully saturated rings. The summed E-state index contributed by atoms with van der Waals surface area (Å²) in [7, 11) is 0. The average Bonchev–Trinajstić information content (AvgIpc) is 2.82. The van der Waals surface area contributed by atoms with Crippen LogP contribution < -0.4 is 4.74 Å². The van der Waals surface area contributed by atoms with Crippen molar-refractivity contribution in [2.75, 3.05) is 12.4 Å². The molecule has 1 aromatic carbocycles. The third kappa shape index (κ3) is 3.50. The van der Waals surface area contributed by atoms with Gasteiger partial charge in [-0.3, -0.25) is 4.79 Å². The molecule has 1 heterocycles. The molecular formula is C15H19NO4S. The van der Waals surface area contributed by atoms with E-state index in [1.54, 1.807) is 0 Å². The Morgan fingerprint density at radius 2 is 2.10 bits per heavy atom. The van der Waals surface area contributed by atoms with Gasteiger partial charge in [0.2, 0.25) is 0 Å². The number of benzene rings is 1. The molecule has 2 atom stereocenters. The maximum atomic E-state index is 12.2. The number of aliphatic carboxylic acids is 1. The minimum atomic E-state index is -0.966. The monoisotopic (exact) mass is 309 g/mol. The van der Waals surface area contributed by atoms with Crippen LogP contribution in [0.15, 0.2) is 18.2 Å². The maximum Gasteiger partial charge on any atom is 0.327 e. The molecule has 1 N–H and O–H groups in total. The molecule has 2 unspecified atom stereocenters. The number of aryl methyl sites for hydroxylation is 2. The smallest absolute Gasteiger partial charge is 0.327 e. The van der Waals surface area contributed by atoms with E-state index in [9.17, 15) is 9.59 Å². The van der Waals surface area contributed by atoms with Crippen LogP contribution in [0.5, 0.6) is 5.75 Å². The molecule has 0 aliphatic carbocycles. The molecular weight excluding hydrogens is 290 g/mol. The van der Waals surface area contributed by atoms with Crippen molar-refractivity contribution in [3.05, 3.63) is 29.3 Å². The SMILES string of the molecule is Cc1ccc(OCC(=O)N2C(C)SCC2C(=O)O)cc1C. The van der Waals surface area contributed by atoms with Gasteiger partial charge in [-0.05, 0) is 44.0 Å². The fourth-order valence-corrected chi connectivity index (χ4v) is 3.42. The summed E-state index contributed by atoms with van der Waals surface area (Å²) in [6.45, 7) is 5.67. The van der Waals surface area contributed by atoms with Gasteiger partial charge in [-0.1, -0.05) is 6.07 Å². The van der Waals surface area contributed by atoms with Crippen molar-refractivity contribution in [2.45, 2.75) is 32.2 Å². The minimum absolute atomic E-state index is 0.137. The molecule has 0 aromatic heterocycles. The van der Waals surface area contributed by atoms with Crippen molar-refractivity contribution in [1.82, 2.24) is 4.90 Å². The largest absolute Gasteiger partial charge is 0.484 e. The standard InChI is InChI=1S/C15H19NO4S/c1-9-4-5-12(6-10(9)2)20-7-14(17)16-11(3)21-8-13(16)15(18)19/h4-6,11,13H,7-8H2,1-3H3,(H,18,19). The first-order valence-electron chi connectivity index (χ1n) is 6.75. The van der Waals surface area contributed by atoms with E-state index in [1.807, 2.05) is 39.0 Å². The average molecular weight is 309 g/mol. The van der Waals surface area contributed by atoms with Crippen LogP contribution >= 0.6 is 11.8 Å². The summed E-state index contributed by atoms with van der Waals surface area (Å²) in [6, 6.07) is 4.86. The van der Waals surface area contributed by atoms with Gasteiger partial charge >= 0.3 is 5.97 Å². The molecule has 1 aliphatic rings. The number of carbonyl (C=O) groups excluding carboxylic acids is 1. The second-order valence-electron chi connectivity index (χ2n) is 5.12. The molecule has 1 amide bonds. The summed E-state index contributed by atoms with van der Waals surface area (Å²) in [5.41, 5.74) is 2.25. The van der Waals surface area contributed by atoms with Crippen LogP contribution in [0.3, 0.4) is 0 Å². The lowest BCUT2D eigenvalue weighted by molar-refractivity contribution is -0.149. The van der Waals surface area contributed by atoms with Crippen LogP contribution in [0.25, 0.3) is 0 Å². The van der Waals surface area contributed by atoms with Crippen molar-refractivity contribution in [2.24, 2.45) is 0 Å². The summed E-state index contributed by atoms with van der Waals surface area (Å²) in [4.78, 5) is 24.8. The van der Waals surface area contributed by atoms with Gasteiger partial charge in [0.1, 0.15) is 11.8 Å². The molecule has 2 rings (SSSR count). The number of hydrogen-bond acceptors (Lipinski definition) is 4. The van der Waals surface area contributed by atoms with Crippen molar-refractivity contribution < 1.29 is 19.4 Å². The second-order valence-corrected chi connectivity index (χ2v) is 6.47. The lowest BCUT2D eigenvalue weighted by atomic mass is 10.1. The Kier molecular flexibility index (Phi) is 4.77. The zero-order valence-electron chi connectivity index (χ0n) is 12.3. The summed E-state index contributed by atoms with van der Waals surface area (Å²) in [5.74, 6) is -0.214. The number of rotatable bonds is 4. The number of thioether (sulfide) groups is 1. The molecule has 0 spiro atoms. The zero-order valence-corrected chi connectivity index (χ0v) is 13.1. The molecule has 1 aliphatic heterocycles. The Morgan fingerprint density at radius 1 is 1.38 bits per heavy atom. The summed E-state index contributed by atoms with van der Waals surface area (Å²) < 4.78 is 5.50. The van der Waals surface area contributed by atoms with Crippen LogP contribution in [0.2, 0.25) is 0 Å². The van der Waals surface area contributed by atoms with Crippen molar-refractivity contribution in [3.8, 4) is 5.75 Å². The molecule has 5 nitrogen and oxygen atoms in total. The first kappa shape index (κ1) is 15.7. The zero-order chi connectivity index (χ0) is 15.6. The normalized spacial score (nSPS) is 21.4. The van der Waals surface area contributed by atoms with E-state index in [0.717, 1.165) is 11.1 Å². The van der Waals surface area contributed by atoms with Crippen LogP contribution in [-0.4, -0.2) is 45.7 Å². The van der Waals surface area contributed by atoms with Crippen molar-refractivity contribution in [1.29, 1.82) is 0 Å². The van der Waals surface area contributed by atoms with Crippen molar-refractivity contribution in [3.63, 3.8) is 0 Å². The Hall–Kier alpha value is -1.69. The molecule has 0 bridgehead atoms. The Balaban J connectivity index is 2.00. The predicted octanol–water partition coefficient (Wildman–Crippen LogP) is 2.06. The van der Waals surface area contributed by atoms with Crippen LogP contribution in [-0.2, 0) is 9.59 Å². The molecule has 0 saturated carbocycles. The van der Waals surface area contributed by atoms with E-state index in [4.69, 9.17) is 9.84 Å². The van der Waals surface area contributed by atoms with Gasteiger partial charge in [-0.25, -0.2) is 4.79 Å². The van der Waals surface area contributed by atoms with Crippen LogP contribution in [0.4, 0.5) is 0 Å². The maximum absolute atomic E-state index is 12.2. The van der Waals surface area contributed by atoms with Gasteiger partial charge in [0.15, 0.2) is 6.61 Å². The van der Waals surface area contributed by atoms with Gasteiger partial charge < -0.3 is 14.7 Å². The number of amides is 1.